The topological polar surface area (TPSA) is 38.1 Å². The first-order valence-corrected chi connectivity index (χ1v) is 7.46. The monoisotopic (exact) mass is 280 g/mol. The molecule has 1 N–H and O–H groups in total. The van der Waals surface area contributed by atoms with E-state index in [1.165, 1.54) is 16.5 Å². The van der Waals surface area contributed by atoms with Crippen LogP contribution in [-0.4, -0.2) is 11.5 Å². The molecule has 0 aliphatic rings. The zero-order valence-corrected chi connectivity index (χ0v) is 12.3. The van der Waals surface area contributed by atoms with Crippen molar-refractivity contribution in [3.63, 3.8) is 0 Å². The molecule has 0 radical (unpaired) electrons. The summed E-state index contributed by atoms with van der Waals surface area (Å²) in [4.78, 5) is 4.44. The standard InChI is InChI=1S/C18H20N2O/c1-2-9-19-18(15-8-11-21-13-15)12-14-7-10-20-17-6-4-3-5-16(14)17/h3-8,10-11,13,18-19H,2,9,12H2,1H3. The number of hydrogen-bond acceptors (Lipinski definition) is 3. The fraction of sp³-hybridized carbons (Fsp3) is 0.278. The Morgan fingerprint density at radius 1 is 1.19 bits per heavy atom. The molecule has 0 spiro atoms. The van der Waals surface area contributed by atoms with Gasteiger partial charge in [0.15, 0.2) is 0 Å². The number of fused-ring (bicyclic) bond motifs is 1. The smallest absolute Gasteiger partial charge is 0.0950 e. The second-order valence-electron chi connectivity index (χ2n) is 5.25. The van der Waals surface area contributed by atoms with Crippen LogP contribution < -0.4 is 5.32 Å². The van der Waals surface area contributed by atoms with Gasteiger partial charge in [0.05, 0.1) is 18.0 Å². The van der Waals surface area contributed by atoms with Crippen molar-refractivity contribution >= 4 is 10.9 Å². The number of pyridine rings is 1. The van der Waals surface area contributed by atoms with Crippen LogP contribution in [0, 0.1) is 0 Å². The van der Waals surface area contributed by atoms with E-state index in [2.05, 4.69) is 41.5 Å². The van der Waals surface area contributed by atoms with Gasteiger partial charge < -0.3 is 9.73 Å². The number of aromatic nitrogens is 1. The van der Waals surface area contributed by atoms with Crippen molar-refractivity contribution in [1.82, 2.24) is 10.3 Å². The first-order valence-electron chi connectivity index (χ1n) is 7.46. The Bertz CT molecular complexity index is 686. The Morgan fingerprint density at radius 2 is 2.10 bits per heavy atom. The highest BCUT2D eigenvalue weighted by atomic mass is 16.3. The average Bonchev–Trinajstić information content (AvgIpc) is 3.06. The molecule has 0 amide bonds. The molecule has 0 saturated heterocycles. The van der Waals surface area contributed by atoms with Crippen molar-refractivity contribution in [2.45, 2.75) is 25.8 Å². The first kappa shape index (κ1) is 13.8. The molecule has 3 aromatic rings. The molecule has 1 aromatic carbocycles. The highest BCUT2D eigenvalue weighted by Gasteiger charge is 2.14. The molecule has 21 heavy (non-hydrogen) atoms. The van der Waals surface area contributed by atoms with Crippen molar-refractivity contribution in [3.05, 3.63) is 66.2 Å². The number of nitrogens with zero attached hydrogens (tertiary/aromatic N) is 1. The van der Waals surface area contributed by atoms with Crippen LogP contribution in [0.25, 0.3) is 10.9 Å². The zero-order valence-electron chi connectivity index (χ0n) is 12.3. The molecule has 3 heteroatoms. The molecular weight excluding hydrogens is 260 g/mol. The maximum atomic E-state index is 5.25. The molecule has 3 rings (SSSR count). The molecule has 2 heterocycles. The van der Waals surface area contributed by atoms with Crippen molar-refractivity contribution < 1.29 is 4.42 Å². The van der Waals surface area contributed by atoms with Crippen molar-refractivity contribution in [2.24, 2.45) is 0 Å². The van der Waals surface area contributed by atoms with Crippen LogP contribution in [0.3, 0.4) is 0 Å². The van der Waals surface area contributed by atoms with E-state index < -0.39 is 0 Å². The molecule has 2 aromatic heterocycles. The minimum absolute atomic E-state index is 0.273. The van der Waals surface area contributed by atoms with Crippen molar-refractivity contribution in [3.8, 4) is 0 Å². The Labute approximate surface area is 125 Å². The number of benzene rings is 1. The van der Waals surface area contributed by atoms with E-state index in [-0.39, 0.29) is 6.04 Å². The summed E-state index contributed by atoms with van der Waals surface area (Å²) in [6.07, 6.45) is 7.51. The second kappa shape index (κ2) is 6.55. The summed E-state index contributed by atoms with van der Waals surface area (Å²) in [7, 11) is 0. The maximum Gasteiger partial charge on any atom is 0.0950 e. The van der Waals surface area contributed by atoms with E-state index in [1.807, 2.05) is 24.6 Å². The molecule has 108 valence electrons. The minimum Gasteiger partial charge on any atom is -0.472 e. The quantitative estimate of drug-likeness (QED) is 0.738. The predicted molar refractivity (Wildman–Crippen MR) is 85.2 cm³/mol. The Kier molecular flexibility index (Phi) is 4.31. The lowest BCUT2D eigenvalue weighted by atomic mass is 9.98. The molecule has 0 aliphatic carbocycles. The van der Waals surface area contributed by atoms with Gasteiger partial charge in [-0.2, -0.15) is 0 Å². The van der Waals surface area contributed by atoms with E-state index >= 15 is 0 Å². The molecular formula is C18H20N2O. The fourth-order valence-corrected chi connectivity index (χ4v) is 2.65. The summed E-state index contributed by atoms with van der Waals surface area (Å²) in [5, 5.41) is 4.83. The van der Waals surface area contributed by atoms with Crippen molar-refractivity contribution in [1.29, 1.82) is 0 Å². The molecule has 0 aliphatic heterocycles. The van der Waals surface area contributed by atoms with E-state index in [1.54, 1.807) is 6.26 Å². The molecule has 0 fully saturated rings. The average molecular weight is 280 g/mol. The van der Waals surface area contributed by atoms with Gasteiger partial charge in [0.25, 0.3) is 0 Å². The van der Waals surface area contributed by atoms with Gasteiger partial charge in [0, 0.05) is 23.2 Å². The van der Waals surface area contributed by atoms with Crippen LogP contribution in [0.5, 0.6) is 0 Å². The fourth-order valence-electron chi connectivity index (χ4n) is 2.65. The lowest BCUT2D eigenvalue weighted by molar-refractivity contribution is 0.513. The molecule has 0 bridgehead atoms. The summed E-state index contributed by atoms with van der Waals surface area (Å²) >= 11 is 0. The second-order valence-corrected chi connectivity index (χ2v) is 5.25. The van der Waals surface area contributed by atoms with Crippen LogP contribution in [-0.2, 0) is 6.42 Å². The number of nitrogens with one attached hydrogen (secondary N) is 1. The summed E-state index contributed by atoms with van der Waals surface area (Å²) in [6, 6.07) is 12.7. The lowest BCUT2D eigenvalue weighted by Crippen LogP contribution is -2.23. The van der Waals surface area contributed by atoms with E-state index in [4.69, 9.17) is 4.42 Å². The van der Waals surface area contributed by atoms with Gasteiger partial charge in [-0.05, 0) is 43.1 Å². The largest absolute Gasteiger partial charge is 0.472 e. The van der Waals surface area contributed by atoms with Crippen LogP contribution >= 0.6 is 0 Å². The van der Waals surface area contributed by atoms with Gasteiger partial charge in [-0.1, -0.05) is 25.1 Å². The summed E-state index contributed by atoms with van der Waals surface area (Å²) in [5.41, 5.74) is 3.57. The van der Waals surface area contributed by atoms with E-state index in [9.17, 15) is 0 Å². The molecule has 1 unspecified atom stereocenters. The highest BCUT2D eigenvalue weighted by molar-refractivity contribution is 5.81. The highest BCUT2D eigenvalue weighted by Crippen LogP contribution is 2.23. The third-order valence-electron chi connectivity index (χ3n) is 3.75. The van der Waals surface area contributed by atoms with Crippen molar-refractivity contribution in [2.75, 3.05) is 6.54 Å². The van der Waals surface area contributed by atoms with E-state index in [0.717, 1.165) is 24.9 Å². The first-order chi connectivity index (χ1) is 10.4. The summed E-state index contributed by atoms with van der Waals surface area (Å²) in [5.74, 6) is 0. The van der Waals surface area contributed by atoms with Gasteiger partial charge in [-0.25, -0.2) is 0 Å². The molecule has 0 saturated carbocycles. The Balaban J connectivity index is 1.90. The van der Waals surface area contributed by atoms with Crippen LogP contribution in [0.2, 0.25) is 0 Å². The SMILES string of the molecule is CCCNC(Cc1ccnc2ccccc12)c1ccoc1. The third kappa shape index (κ3) is 3.14. The normalized spacial score (nSPS) is 12.6. The number of para-hydroxylation sites is 1. The minimum atomic E-state index is 0.273. The molecule has 1 atom stereocenters. The van der Waals surface area contributed by atoms with Crippen LogP contribution in [0.4, 0.5) is 0 Å². The van der Waals surface area contributed by atoms with Gasteiger partial charge in [0.1, 0.15) is 0 Å². The Hall–Kier alpha value is -2.13. The third-order valence-corrected chi connectivity index (χ3v) is 3.75. The van der Waals surface area contributed by atoms with Crippen LogP contribution in [0.15, 0.2) is 59.5 Å². The van der Waals surface area contributed by atoms with Crippen LogP contribution in [0.1, 0.15) is 30.5 Å². The predicted octanol–water partition coefficient (Wildman–Crippen LogP) is 4.11. The number of rotatable bonds is 6. The van der Waals surface area contributed by atoms with E-state index in [0.29, 0.717) is 0 Å². The zero-order chi connectivity index (χ0) is 14.5. The summed E-state index contributed by atoms with van der Waals surface area (Å²) in [6.45, 7) is 3.18. The lowest BCUT2D eigenvalue weighted by Gasteiger charge is -2.18. The maximum absolute atomic E-state index is 5.25. The van der Waals surface area contributed by atoms with Gasteiger partial charge in [0.2, 0.25) is 0 Å². The van der Waals surface area contributed by atoms with Gasteiger partial charge in [-0.3, -0.25) is 4.98 Å². The Morgan fingerprint density at radius 3 is 2.90 bits per heavy atom. The number of furan rings is 1. The summed E-state index contributed by atoms with van der Waals surface area (Å²) < 4.78 is 5.25. The van der Waals surface area contributed by atoms with Gasteiger partial charge >= 0.3 is 0 Å². The molecule has 3 nitrogen and oxygen atoms in total. The van der Waals surface area contributed by atoms with Gasteiger partial charge in [-0.15, -0.1) is 0 Å². The number of hydrogen-bond donors (Lipinski definition) is 1.